The van der Waals surface area contributed by atoms with Crippen LogP contribution in [0.15, 0.2) is 36.7 Å². The Morgan fingerprint density at radius 3 is 2.83 bits per heavy atom. The fourth-order valence-electron chi connectivity index (χ4n) is 3.35. The van der Waals surface area contributed by atoms with Crippen molar-refractivity contribution in [2.45, 2.75) is 18.8 Å². The van der Waals surface area contributed by atoms with Crippen LogP contribution < -0.4 is 0 Å². The van der Waals surface area contributed by atoms with E-state index >= 15 is 0 Å². The molecule has 0 unspecified atom stereocenters. The quantitative estimate of drug-likeness (QED) is 0.882. The number of ether oxygens (including phenoxy) is 1. The Kier molecular flexibility index (Phi) is 4.30. The van der Waals surface area contributed by atoms with Crippen molar-refractivity contribution in [2.24, 2.45) is 11.8 Å². The third-order valence-electron chi connectivity index (χ3n) is 4.91. The monoisotopic (exact) mass is 326 g/mol. The van der Waals surface area contributed by atoms with Crippen LogP contribution in [0.4, 0.5) is 0 Å². The van der Waals surface area contributed by atoms with Crippen molar-refractivity contribution in [3.8, 4) is 0 Å². The fourth-order valence-corrected chi connectivity index (χ4v) is 3.35. The van der Waals surface area contributed by atoms with Gasteiger partial charge in [-0.15, -0.1) is 0 Å². The molecular weight excluding hydrogens is 304 g/mol. The van der Waals surface area contributed by atoms with Crippen molar-refractivity contribution in [3.05, 3.63) is 48.0 Å². The first kappa shape index (κ1) is 15.3. The highest BCUT2D eigenvalue weighted by atomic mass is 16.5. The molecule has 24 heavy (non-hydrogen) atoms. The van der Waals surface area contributed by atoms with Crippen molar-refractivity contribution >= 4 is 5.91 Å². The molecule has 1 saturated carbocycles. The van der Waals surface area contributed by atoms with Crippen molar-refractivity contribution < 1.29 is 9.53 Å². The zero-order valence-electron chi connectivity index (χ0n) is 13.6. The highest BCUT2D eigenvalue weighted by molar-refractivity contribution is 5.92. The Morgan fingerprint density at radius 2 is 2.12 bits per heavy atom. The number of aromatic amines is 1. The summed E-state index contributed by atoms with van der Waals surface area (Å²) in [5.41, 5.74) is 1.58. The van der Waals surface area contributed by atoms with E-state index in [1.54, 1.807) is 12.3 Å². The van der Waals surface area contributed by atoms with Gasteiger partial charge in [0.05, 0.1) is 6.61 Å². The summed E-state index contributed by atoms with van der Waals surface area (Å²) in [5.74, 6) is 1.25. The van der Waals surface area contributed by atoms with Gasteiger partial charge in [-0.3, -0.25) is 14.9 Å². The lowest BCUT2D eigenvalue weighted by atomic mass is 9.93. The van der Waals surface area contributed by atoms with Crippen LogP contribution in [0.1, 0.15) is 34.9 Å². The van der Waals surface area contributed by atoms with Crippen LogP contribution in [-0.4, -0.2) is 52.3 Å². The van der Waals surface area contributed by atoms with Crippen LogP contribution in [0.2, 0.25) is 0 Å². The summed E-state index contributed by atoms with van der Waals surface area (Å²) in [6, 6.07) is 7.69. The van der Waals surface area contributed by atoms with E-state index in [0.29, 0.717) is 25.4 Å². The molecule has 2 aliphatic rings. The number of aromatic nitrogens is 3. The van der Waals surface area contributed by atoms with E-state index in [2.05, 4.69) is 15.2 Å². The van der Waals surface area contributed by atoms with Crippen LogP contribution in [0.5, 0.6) is 0 Å². The molecule has 1 amide bonds. The number of carbonyl (C=O) groups excluding carboxylic acids is 1. The lowest BCUT2D eigenvalue weighted by molar-refractivity contribution is 0.0734. The number of amides is 1. The Labute approximate surface area is 141 Å². The standard InChI is InChI=1S/C18H22N4O2/c23-18(17-6-8-20-21-17)22-9-14(12-24-11-13-4-5-13)15(10-22)16-3-1-2-7-19-16/h1-3,6-8,13-15H,4-5,9-12H2,(H,20,21)/t14-,15+/m0/s1. The molecule has 126 valence electrons. The first-order valence-corrected chi connectivity index (χ1v) is 8.58. The number of likely N-dealkylation sites (tertiary alicyclic amines) is 1. The van der Waals surface area contributed by atoms with Gasteiger partial charge >= 0.3 is 0 Å². The van der Waals surface area contributed by atoms with Crippen LogP contribution >= 0.6 is 0 Å². The Bertz CT molecular complexity index is 670. The molecule has 2 aromatic heterocycles. The number of nitrogens with one attached hydrogen (secondary N) is 1. The molecule has 2 atom stereocenters. The molecule has 1 aliphatic carbocycles. The van der Waals surface area contributed by atoms with Gasteiger partial charge < -0.3 is 9.64 Å². The number of carbonyl (C=O) groups is 1. The van der Waals surface area contributed by atoms with E-state index in [1.165, 1.54) is 12.8 Å². The molecule has 0 bridgehead atoms. The zero-order valence-corrected chi connectivity index (χ0v) is 13.6. The van der Waals surface area contributed by atoms with E-state index in [-0.39, 0.29) is 17.7 Å². The molecule has 2 fully saturated rings. The maximum absolute atomic E-state index is 12.6. The molecule has 6 nitrogen and oxygen atoms in total. The first-order valence-electron chi connectivity index (χ1n) is 8.58. The number of nitrogens with zero attached hydrogens (tertiary/aromatic N) is 3. The van der Waals surface area contributed by atoms with E-state index in [4.69, 9.17) is 4.74 Å². The van der Waals surface area contributed by atoms with Gasteiger partial charge in [-0.25, -0.2) is 0 Å². The Balaban J connectivity index is 1.47. The minimum absolute atomic E-state index is 0.00174. The summed E-state index contributed by atoms with van der Waals surface area (Å²) in [4.78, 5) is 19.0. The predicted molar refractivity (Wildman–Crippen MR) is 88.5 cm³/mol. The summed E-state index contributed by atoms with van der Waals surface area (Å²) in [5, 5.41) is 6.64. The van der Waals surface area contributed by atoms with Crippen molar-refractivity contribution in [2.75, 3.05) is 26.3 Å². The molecule has 0 spiro atoms. The third kappa shape index (κ3) is 3.33. The topological polar surface area (TPSA) is 71.1 Å². The number of pyridine rings is 1. The first-order chi connectivity index (χ1) is 11.8. The Hall–Kier alpha value is -2.21. The largest absolute Gasteiger partial charge is 0.381 e. The number of H-pyrrole nitrogens is 1. The third-order valence-corrected chi connectivity index (χ3v) is 4.91. The number of hydrogen-bond donors (Lipinski definition) is 1. The molecule has 0 aromatic carbocycles. The summed E-state index contributed by atoms with van der Waals surface area (Å²) in [7, 11) is 0. The van der Waals surface area contributed by atoms with Crippen molar-refractivity contribution in [1.82, 2.24) is 20.1 Å². The second kappa shape index (κ2) is 6.73. The van der Waals surface area contributed by atoms with Crippen molar-refractivity contribution in [1.29, 1.82) is 0 Å². The van der Waals surface area contributed by atoms with E-state index < -0.39 is 0 Å². The molecule has 1 saturated heterocycles. The SMILES string of the molecule is O=C(c1ccn[nH]1)N1C[C@@H](COCC2CC2)[C@H](c2ccccn2)C1. The van der Waals surface area contributed by atoms with Crippen LogP contribution in [0.3, 0.4) is 0 Å². The summed E-state index contributed by atoms with van der Waals surface area (Å²) < 4.78 is 5.93. The van der Waals surface area contributed by atoms with E-state index in [9.17, 15) is 4.79 Å². The van der Waals surface area contributed by atoms with Crippen LogP contribution in [0, 0.1) is 11.8 Å². The summed E-state index contributed by atoms with van der Waals surface area (Å²) in [6.07, 6.45) is 6.00. The highest BCUT2D eigenvalue weighted by Gasteiger charge is 2.38. The van der Waals surface area contributed by atoms with Gasteiger partial charge in [-0.2, -0.15) is 5.10 Å². The average Bonchev–Trinajstić information content (AvgIpc) is 3.12. The maximum atomic E-state index is 12.6. The predicted octanol–water partition coefficient (Wildman–Crippen LogP) is 2.09. The summed E-state index contributed by atoms with van der Waals surface area (Å²) in [6.45, 7) is 2.90. The normalized spacial score (nSPS) is 23.6. The molecule has 4 rings (SSSR count). The number of rotatable bonds is 6. The van der Waals surface area contributed by atoms with E-state index in [1.807, 2.05) is 29.3 Å². The van der Waals surface area contributed by atoms with Crippen LogP contribution in [-0.2, 0) is 4.74 Å². The lowest BCUT2D eigenvalue weighted by Crippen LogP contribution is -2.29. The highest BCUT2D eigenvalue weighted by Crippen LogP contribution is 2.34. The average molecular weight is 326 g/mol. The molecule has 6 heteroatoms. The maximum Gasteiger partial charge on any atom is 0.271 e. The molecular formula is C18H22N4O2. The van der Waals surface area contributed by atoms with Gasteiger partial charge in [-0.05, 0) is 37.0 Å². The molecule has 1 N–H and O–H groups in total. The summed E-state index contributed by atoms with van der Waals surface area (Å²) >= 11 is 0. The number of hydrogen-bond acceptors (Lipinski definition) is 4. The van der Waals surface area contributed by atoms with Gasteiger partial charge in [0.2, 0.25) is 0 Å². The minimum atomic E-state index is -0.00174. The fraction of sp³-hybridized carbons (Fsp3) is 0.500. The zero-order chi connectivity index (χ0) is 16.4. The van der Waals surface area contributed by atoms with Crippen molar-refractivity contribution in [3.63, 3.8) is 0 Å². The molecule has 3 heterocycles. The smallest absolute Gasteiger partial charge is 0.271 e. The lowest BCUT2D eigenvalue weighted by Gasteiger charge is -2.17. The van der Waals surface area contributed by atoms with Gasteiger partial charge in [0.1, 0.15) is 5.69 Å². The van der Waals surface area contributed by atoms with Crippen LogP contribution in [0.25, 0.3) is 0 Å². The van der Waals surface area contributed by atoms with Gasteiger partial charge in [0.25, 0.3) is 5.91 Å². The molecule has 2 aromatic rings. The van der Waals surface area contributed by atoms with Gasteiger partial charge in [0.15, 0.2) is 0 Å². The minimum Gasteiger partial charge on any atom is -0.381 e. The Morgan fingerprint density at radius 1 is 1.21 bits per heavy atom. The van der Waals surface area contributed by atoms with E-state index in [0.717, 1.165) is 18.2 Å². The second-order valence-corrected chi connectivity index (χ2v) is 6.78. The second-order valence-electron chi connectivity index (χ2n) is 6.78. The van der Waals surface area contributed by atoms with Gasteiger partial charge in [0, 0.05) is 49.6 Å². The van der Waals surface area contributed by atoms with Gasteiger partial charge in [-0.1, -0.05) is 6.07 Å². The molecule has 1 aliphatic heterocycles. The molecule has 0 radical (unpaired) electrons.